The summed E-state index contributed by atoms with van der Waals surface area (Å²) in [6, 6.07) is 6.06. The molecule has 1 heteroatoms. The second-order valence-electron chi connectivity index (χ2n) is 10.8. The van der Waals surface area contributed by atoms with Crippen LogP contribution in [0.25, 0.3) is 0 Å². The van der Waals surface area contributed by atoms with E-state index in [9.17, 15) is 4.39 Å². The minimum Gasteiger partial charge on any atom is -0.207 e. The van der Waals surface area contributed by atoms with Gasteiger partial charge in [-0.05, 0) is 144 Å². The number of aryl methyl sites for hydroxylation is 1. The average Bonchev–Trinajstić information content (AvgIpc) is 2.79. The van der Waals surface area contributed by atoms with E-state index in [1.165, 1.54) is 64.2 Å². The summed E-state index contributed by atoms with van der Waals surface area (Å²) in [5.74, 6) is 5.15. The van der Waals surface area contributed by atoms with Gasteiger partial charge in [-0.1, -0.05) is 36.4 Å². The Kier molecular flexibility index (Phi) is 8.07. The fourth-order valence-corrected chi connectivity index (χ4v) is 7.21. The van der Waals surface area contributed by atoms with Gasteiger partial charge in [-0.15, -0.1) is 0 Å². The van der Waals surface area contributed by atoms with Gasteiger partial charge in [-0.25, -0.2) is 4.39 Å². The van der Waals surface area contributed by atoms with Gasteiger partial charge in [0.25, 0.3) is 0 Å². The lowest BCUT2D eigenvalue weighted by Crippen LogP contribution is -2.34. The van der Waals surface area contributed by atoms with Crippen molar-refractivity contribution < 1.29 is 4.39 Å². The molecule has 0 spiro atoms. The third-order valence-corrected chi connectivity index (χ3v) is 8.94. The molecule has 3 aliphatic rings. The van der Waals surface area contributed by atoms with Crippen molar-refractivity contribution >= 4 is 0 Å². The normalized spacial score (nSPS) is 34.3. The van der Waals surface area contributed by atoms with Crippen LogP contribution in [-0.4, -0.2) is 0 Å². The van der Waals surface area contributed by atoms with Crippen molar-refractivity contribution in [2.45, 2.75) is 96.8 Å². The lowest BCUT2D eigenvalue weighted by molar-refractivity contribution is 0.0717. The summed E-state index contributed by atoms with van der Waals surface area (Å²) >= 11 is 0. The van der Waals surface area contributed by atoms with Crippen LogP contribution in [0.4, 0.5) is 4.39 Å². The number of hydrogen-bond acceptors (Lipinski definition) is 0. The minimum absolute atomic E-state index is 0.0415. The highest BCUT2D eigenvalue weighted by Gasteiger charge is 2.38. The number of allylic oxidation sites excluding steroid dienone is 4. The molecule has 3 saturated carbocycles. The molecule has 0 N–H and O–H groups in total. The van der Waals surface area contributed by atoms with Crippen LogP contribution in [0.3, 0.4) is 0 Å². The monoisotopic (exact) mass is 422 g/mol. The number of fused-ring (bicyclic) bond motifs is 1. The molecule has 1 aromatic rings. The zero-order chi connectivity index (χ0) is 21.6. The Morgan fingerprint density at radius 1 is 0.806 bits per heavy atom. The molecule has 4 rings (SSSR count). The van der Waals surface area contributed by atoms with Crippen LogP contribution in [0.2, 0.25) is 0 Å². The topological polar surface area (TPSA) is 0 Å². The maximum atomic E-state index is 14.8. The third-order valence-electron chi connectivity index (χ3n) is 8.94. The van der Waals surface area contributed by atoms with Crippen LogP contribution < -0.4 is 0 Å². The van der Waals surface area contributed by atoms with Gasteiger partial charge in [-0.3, -0.25) is 0 Å². The van der Waals surface area contributed by atoms with Crippen molar-refractivity contribution in [3.63, 3.8) is 0 Å². The van der Waals surface area contributed by atoms with Crippen LogP contribution in [0, 0.1) is 35.4 Å². The smallest absolute Gasteiger partial charge is 0.126 e. The molecule has 31 heavy (non-hydrogen) atoms. The van der Waals surface area contributed by atoms with Crippen LogP contribution in [-0.2, 0) is 6.42 Å². The Morgan fingerprint density at radius 2 is 1.48 bits per heavy atom. The summed E-state index contributed by atoms with van der Waals surface area (Å²) in [6.07, 6.45) is 24.6. The van der Waals surface area contributed by atoms with Crippen LogP contribution in [0.5, 0.6) is 0 Å². The van der Waals surface area contributed by atoms with Crippen LogP contribution >= 0.6 is 0 Å². The first kappa shape index (κ1) is 22.8. The molecular formula is C30H43F. The molecular weight excluding hydrogens is 379 g/mol. The van der Waals surface area contributed by atoms with E-state index in [0.29, 0.717) is 5.92 Å². The molecule has 3 fully saturated rings. The predicted molar refractivity (Wildman–Crippen MR) is 131 cm³/mol. The lowest BCUT2D eigenvalue weighted by atomic mass is 9.61. The van der Waals surface area contributed by atoms with Gasteiger partial charge in [0, 0.05) is 0 Å². The second kappa shape index (κ2) is 11.0. The molecule has 170 valence electrons. The Morgan fingerprint density at radius 3 is 2.19 bits per heavy atom. The summed E-state index contributed by atoms with van der Waals surface area (Å²) in [5.41, 5.74) is 2.12. The summed E-state index contributed by atoms with van der Waals surface area (Å²) in [5, 5.41) is 0. The van der Waals surface area contributed by atoms with Gasteiger partial charge in [0.05, 0.1) is 0 Å². The number of halogens is 1. The molecule has 4 unspecified atom stereocenters. The first-order chi connectivity index (χ1) is 15.2. The minimum atomic E-state index is 0.0415. The van der Waals surface area contributed by atoms with Gasteiger partial charge >= 0.3 is 0 Å². The number of benzene rings is 1. The van der Waals surface area contributed by atoms with Crippen LogP contribution in [0.15, 0.2) is 42.5 Å². The quantitative estimate of drug-likeness (QED) is 0.401. The Balaban J connectivity index is 1.27. The molecule has 3 aliphatic carbocycles. The van der Waals surface area contributed by atoms with Crippen molar-refractivity contribution in [1.82, 2.24) is 0 Å². The molecule has 0 nitrogen and oxygen atoms in total. The van der Waals surface area contributed by atoms with E-state index in [4.69, 9.17) is 0 Å². The molecule has 0 amide bonds. The van der Waals surface area contributed by atoms with Gasteiger partial charge in [0.1, 0.15) is 5.82 Å². The Bertz CT molecular complexity index is 752. The molecule has 0 radical (unpaired) electrons. The first-order valence-corrected chi connectivity index (χ1v) is 13.2. The van der Waals surface area contributed by atoms with Gasteiger partial charge in [-0.2, -0.15) is 0 Å². The molecule has 0 aliphatic heterocycles. The molecule has 4 atom stereocenters. The van der Waals surface area contributed by atoms with E-state index in [0.717, 1.165) is 53.6 Å². The first-order valence-electron chi connectivity index (χ1n) is 13.2. The fraction of sp³-hybridized carbons (Fsp3) is 0.667. The summed E-state index contributed by atoms with van der Waals surface area (Å²) in [7, 11) is 0. The third kappa shape index (κ3) is 5.71. The molecule has 0 aromatic heterocycles. The van der Waals surface area contributed by atoms with Gasteiger partial charge in [0.15, 0.2) is 0 Å². The van der Waals surface area contributed by atoms with Crippen molar-refractivity contribution in [2.24, 2.45) is 29.6 Å². The maximum Gasteiger partial charge on any atom is 0.126 e. The predicted octanol–water partition coefficient (Wildman–Crippen LogP) is 9.02. The van der Waals surface area contributed by atoms with Crippen LogP contribution in [0.1, 0.15) is 102 Å². The largest absolute Gasteiger partial charge is 0.207 e. The van der Waals surface area contributed by atoms with Gasteiger partial charge in [0.2, 0.25) is 0 Å². The number of rotatable bonds is 6. The van der Waals surface area contributed by atoms with E-state index >= 15 is 0 Å². The van der Waals surface area contributed by atoms with E-state index in [2.05, 4.69) is 43.4 Å². The second-order valence-corrected chi connectivity index (χ2v) is 10.8. The molecule has 0 bridgehead atoms. The highest BCUT2D eigenvalue weighted by Crippen LogP contribution is 2.50. The van der Waals surface area contributed by atoms with Crippen molar-refractivity contribution in [1.29, 1.82) is 0 Å². The summed E-state index contributed by atoms with van der Waals surface area (Å²) < 4.78 is 14.8. The fourth-order valence-electron chi connectivity index (χ4n) is 7.21. The molecule has 1 aromatic carbocycles. The molecule has 0 heterocycles. The van der Waals surface area contributed by atoms with E-state index < -0.39 is 0 Å². The summed E-state index contributed by atoms with van der Waals surface area (Å²) in [6.45, 7) is 4.21. The molecule has 0 saturated heterocycles. The van der Waals surface area contributed by atoms with E-state index in [1.807, 2.05) is 6.92 Å². The maximum absolute atomic E-state index is 14.8. The van der Waals surface area contributed by atoms with E-state index in [-0.39, 0.29) is 5.82 Å². The summed E-state index contributed by atoms with van der Waals surface area (Å²) in [4.78, 5) is 0. The van der Waals surface area contributed by atoms with Gasteiger partial charge < -0.3 is 0 Å². The highest BCUT2D eigenvalue weighted by molar-refractivity contribution is 5.28. The van der Waals surface area contributed by atoms with Crippen molar-refractivity contribution in [3.05, 3.63) is 59.4 Å². The Labute approximate surface area is 190 Å². The highest BCUT2D eigenvalue weighted by atomic mass is 19.1. The number of hydrogen-bond donors (Lipinski definition) is 0. The van der Waals surface area contributed by atoms with E-state index in [1.54, 1.807) is 6.07 Å². The Hall–Kier alpha value is -1.37. The standard InChI is InChI=1S/C30H43F/c1-3-5-6-8-23-10-18-29(30(31)20-23)25-14-12-24(13-15-25)27-17-16-26-19-22(7-4-2)9-11-28(26)21-27/h3-5,7,10,18,20,22,24-28H,6,8-9,11-17,19,21H2,1-2H3/b5-3+,7-4+. The SMILES string of the molecule is C/C=C/CCc1ccc(C2CCC(C3CCC4CC(/C=C/C)CCC4C3)CC2)c(F)c1. The average molecular weight is 423 g/mol. The zero-order valence-corrected chi connectivity index (χ0v) is 19.9. The lowest BCUT2D eigenvalue weighted by Gasteiger charge is -2.45. The zero-order valence-electron chi connectivity index (χ0n) is 19.9. The van der Waals surface area contributed by atoms with Crippen molar-refractivity contribution in [3.8, 4) is 0 Å². The van der Waals surface area contributed by atoms with Crippen molar-refractivity contribution in [2.75, 3.05) is 0 Å².